The number of hydrogen-bond acceptors (Lipinski definition) is 2. The lowest BCUT2D eigenvalue weighted by molar-refractivity contribution is -0.121. The van der Waals surface area contributed by atoms with E-state index in [9.17, 15) is 4.79 Å². The zero-order chi connectivity index (χ0) is 10.6. The molecule has 14 heavy (non-hydrogen) atoms. The van der Waals surface area contributed by atoms with Gasteiger partial charge in [0.15, 0.2) is 0 Å². The SMILES string of the molecule is CC(CN(C)c1ccccc1)C(N)=O. The Bertz CT molecular complexity index is 297. The molecule has 1 aromatic carbocycles. The summed E-state index contributed by atoms with van der Waals surface area (Å²) >= 11 is 0. The molecule has 3 nitrogen and oxygen atoms in total. The van der Waals surface area contributed by atoms with Crippen LogP contribution in [-0.4, -0.2) is 19.5 Å². The van der Waals surface area contributed by atoms with Gasteiger partial charge in [-0.2, -0.15) is 0 Å². The molecule has 0 aromatic heterocycles. The lowest BCUT2D eigenvalue weighted by Gasteiger charge is -2.21. The van der Waals surface area contributed by atoms with Gasteiger partial charge < -0.3 is 10.6 Å². The summed E-state index contributed by atoms with van der Waals surface area (Å²) in [5.74, 6) is -0.381. The molecule has 0 saturated heterocycles. The van der Waals surface area contributed by atoms with Gasteiger partial charge in [0.1, 0.15) is 0 Å². The van der Waals surface area contributed by atoms with Gasteiger partial charge >= 0.3 is 0 Å². The van der Waals surface area contributed by atoms with Crippen molar-refractivity contribution in [2.24, 2.45) is 11.7 Å². The predicted molar refractivity (Wildman–Crippen MR) is 58.1 cm³/mol. The smallest absolute Gasteiger partial charge is 0.222 e. The number of benzene rings is 1. The molecule has 1 amide bonds. The first-order valence-corrected chi connectivity index (χ1v) is 4.66. The Labute approximate surface area is 84.5 Å². The molecule has 0 heterocycles. The number of nitrogens with zero attached hydrogens (tertiary/aromatic N) is 1. The maximum absolute atomic E-state index is 10.9. The fourth-order valence-corrected chi connectivity index (χ4v) is 1.29. The minimum Gasteiger partial charge on any atom is -0.374 e. The highest BCUT2D eigenvalue weighted by Crippen LogP contribution is 2.12. The maximum Gasteiger partial charge on any atom is 0.222 e. The van der Waals surface area contributed by atoms with Crippen LogP contribution in [0, 0.1) is 5.92 Å². The van der Waals surface area contributed by atoms with E-state index in [1.807, 2.05) is 49.2 Å². The molecule has 0 saturated carbocycles. The fraction of sp³-hybridized carbons (Fsp3) is 0.364. The summed E-state index contributed by atoms with van der Waals surface area (Å²) < 4.78 is 0. The molecule has 76 valence electrons. The quantitative estimate of drug-likeness (QED) is 0.780. The second-order valence-electron chi connectivity index (χ2n) is 3.52. The van der Waals surface area contributed by atoms with Crippen LogP contribution in [-0.2, 0) is 4.79 Å². The van der Waals surface area contributed by atoms with Crippen molar-refractivity contribution < 1.29 is 4.79 Å². The highest BCUT2D eigenvalue weighted by molar-refractivity contribution is 5.76. The van der Waals surface area contributed by atoms with Crippen LogP contribution in [0.15, 0.2) is 30.3 Å². The number of carbonyl (C=O) groups excluding carboxylic acids is 1. The molecule has 1 unspecified atom stereocenters. The van der Waals surface area contributed by atoms with Gasteiger partial charge in [-0.25, -0.2) is 0 Å². The van der Waals surface area contributed by atoms with Gasteiger partial charge in [0, 0.05) is 19.3 Å². The van der Waals surface area contributed by atoms with Crippen LogP contribution >= 0.6 is 0 Å². The third-order valence-corrected chi connectivity index (χ3v) is 2.23. The zero-order valence-electron chi connectivity index (χ0n) is 8.60. The van der Waals surface area contributed by atoms with Crippen LogP contribution in [0.25, 0.3) is 0 Å². The molecule has 1 rings (SSSR count). The highest BCUT2D eigenvalue weighted by Gasteiger charge is 2.11. The Kier molecular flexibility index (Phi) is 3.51. The third-order valence-electron chi connectivity index (χ3n) is 2.23. The Morgan fingerprint density at radius 2 is 2.00 bits per heavy atom. The first kappa shape index (κ1) is 10.6. The van der Waals surface area contributed by atoms with Crippen LogP contribution in [0.1, 0.15) is 6.92 Å². The number of primary amides is 1. The van der Waals surface area contributed by atoms with Crippen molar-refractivity contribution in [1.29, 1.82) is 0 Å². The number of anilines is 1. The van der Waals surface area contributed by atoms with Gasteiger partial charge in [0.05, 0.1) is 5.92 Å². The summed E-state index contributed by atoms with van der Waals surface area (Å²) in [6, 6.07) is 9.93. The van der Waals surface area contributed by atoms with E-state index in [0.29, 0.717) is 6.54 Å². The number of carbonyl (C=O) groups is 1. The molecule has 2 N–H and O–H groups in total. The number of para-hydroxylation sites is 1. The normalized spacial score (nSPS) is 12.1. The summed E-state index contributed by atoms with van der Waals surface area (Å²) in [6.45, 7) is 2.49. The predicted octanol–water partition coefficient (Wildman–Crippen LogP) is 1.24. The average molecular weight is 192 g/mol. The van der Waals surface area contributed by atoms with E-state index < -0.39 is 0 Å². The topological polar surface area (TPSA) is 46.3 Å². The van der Waals surface area contributed by atoms with Crippen molar-refractivity contribution >= 4 is 11.6 Å². The molecule has 0 bridgehead atoms. The lowest BCUT2D eigenvalue weighted by atomic mass is 10.1. The van der Waals surface area contributed by atoms with Crippen molar-refractivity contribution in [1.82, 2.24) is 0 Å². The number of hydrogen-bond donors (Lipinski definition) is 1. The van der Waals surface area contributed by atoms with Crippen molar-refractivity contribution in [3.63, 3.8) is 0 Å². The Morgan fingerprint density at radius 1 is 1.43 bits per heavy atom. The minimum absolute atomic E-state index is 0.125. The molecule has 3 heteroatoms. The van der Waals surface area contributed by atoms with Crippen molar-refractivity contribution in [2.75, 3.05) is 18.5 Å². The molecule has 1 atom stereocenters. The summed E-state index contributed by atoms with van der Waals surface area (Å²) in [7, 11) is 1.95. The molecular weight excluding hydrogens is 176 g/mol. The first-order valence-electron chi connectivity index (χ1n) is 4.66. The zero-order valence-corrected chi connectivity index (χ0v) is 8.60. The second-order valence-corrected chi connectivity index (χ2v) is 3.52. The standard InChI is InChI=1S/C11H16N2O/c1-9(11(12)14)8-13(2)10-6-4-3-5-7-10/h3-7,9H,8H2,1-2H3,(H2,12,14). The molecule has 0 spiro atoms. The number of nitrogens with two attached hydrogens (primary N) is 1. The molecule has 0 aliphatic heterocycles. The molecule has 0 radical (unpaired) electrons. The van der Waals surface area contributed by atoms with E-state index >= 15 is 0 Å². The minimum atomic E-state index is -0.257. The van der Waals surface area contributed by atoms with E-state index in [-0.39, 0.29) is 11.8 Å². The van der Waals surface area contributed by atoms with E-state index in [1.54, 1.807) is 0 Å². The largest absolute Gasteiger partial charge is 0.374 e. The first-order chi connectivity index (χ1) is 6.61. The summed E-state index contributed by atoms with van der Waals surface area (Å²) in [6.07, 6.45) is 0. The maximum atomic E-state index is 10.9. The van der Waals surface area contributed by atoms with Crippen molar-refractivity contribution in [3.05, 3.63) is 30.3 Å². The Hall–Kier alpha value is -1.51. The molecule has 0 fully saturated rings. The van der Waals surface area contributed by atoms with Crippen LogP contribution in [0.3, 0.4) is 0 Å². The van der Waals surface area contributed by atoms with Gasteiger partial charge in [-0.05, 0) is 12.1 Å². The van der Waals surface area contributed by atoms with Crippen molar-refractivity contribution in [3.8, 4) is 0 Å². The molecule has 1 aromatic rings. The van der Waals surface area contributed by atoms with Crippen LogP contribution in [0.5, 0.6) is 0 Å². The molecule has 0 aliphatic rings. The number of rotatable bonds is 4. The van der Waals surface area contributed by atoms with Crippen LogP contribution in [0.4, 0.5) is 5.69 Å². The summed E-state index contributed by atoms with van der Waals surface area (Å²) in [5, 5.41) is 0. The van der Waals surface area contributed by atoms with Gasteiger partial charge in [0.25, 0.3) is 0 Å². The summed E-state index contributed by atoms with van der Waals surface area (Å²) in [5.41, 5.74) is 6.29. The van der Waals surface area contributed by atoms with E-state index in [2.05, 4.69) is 0 Å². The monoisotopic (exact) mass is 192 g/mol. The van der Waals surface area contributed by atoms with E-state index in [4.69, 9.17) is 5.73 Å². The van der Waals surface area contributed by atoms with Crippen molar-refractivity contribution in [2.45, 2.75) is 6.92 Å². The third kappa shape index (κ3) is 2.76. The highest BCUT2D eigenvalue weighted by atomic mass is 16.1. The second kappa shape index (κ2) is 4.65. The van der Waals surface area contributed by atoms with Crippen LogP contribution in [0.2, 0.25) is 0 Å². The fourth-order valence-electron chi connectivity index (χ4n) is 1.29. The van der Waals surface area contributed by atoms with E-state index in [1.165, 1.54) is 0 Å². The van der Waals surface area contributed by atoms with E-state index in [0.717, 1.165) is 5.69 Å². The lowest BCUT2D eigenvalue weighted by Crippen LogP contribution is -2.32. The van der Waals surface area contributed by atoms with Crippen LogP contribution < -0.4 is 10.6 Å². The molecule has 0 aliphatic carbocycles. The average Bonchev–Trinajstić information content (AvgIpc) is 2.19. The number of amides is 1. The summed E-state index contributed by atoms with van der Waals surface area (Å²) in [4.78, 5) is 12.9. The molecular formula is C11H16N2O. The van der Waals surface area contributed by atoms with Gasteiger partial charge in [-0.1, -0.05) is 25.1 Å². The Balaban J connectivity index is 2.59. The van der Waals surface area contributed by atoms with Gasteiger partial charge in [-0.3, -0.25) is 4.79 Å². The van der Waals surface area contributed by atoms with Gasteiger partial charge in [-0.15, -0.1) is 0 Å². The Morgan fingerprint density at radius 3 is 2.50 bits per heavy atom. The van der Waals surface area contributed by atoms with Gasteiger partial charge in [0.2, 0.25) is 5.91 Å².